The zero-order valence-corrected chi connectivity index (χ0v) is 9.25. The lowest BCUT2D eigenvalue weighted by atomic mass is 10.1. The number of hydrogen-bond acceptors (Lipinski definition) is 2. The highest BCUT2D eigenvalue weighted by atomic mass is 79.9. The molecule has 1 aromatic heterocycles. The molecule has 0 saturated carbocycles. The van der Waals surface area contributed by atoms with Gasteiger partial charge in [-0.1, -0.05) is 0 Å². The first kappa shape index (κ1) is 9.21. The van der Waals surface area contributed by atoms with Gasteiger partial charge in [-0.25, -0.2) is 0 Å². The molecule has 0 amide bonds. The molecule has 0 unspecified atom stereocenters. The number of hydrogen-bond donors (Lipinski definition) is 0. The molecule has 0 bridgehead atoms. The second-order valence-electron chi connectivity index (χ2n) is 3.39. The highest BCUT2D eigenvalue weighted by molar-refractivity contribution is 9.10. The molecule has 0 radical (unpaired) electrons. The van der Waals surface area contributed by atoms with Gasteiger partial charge in [-0.3, -0.25) is 4.68 Å². The van der Waals surface area contributed by atoms with Gasteiger partial charge in [-0.2, -0.15) is 5.10 Å². The van der Waals surface area contributed by atoms with E-state index in [-0.39, 0.29) is 0 Å². The molecule has 2 heterocycles. The molecule has 3 nitrogen and oxygen atoms in total. The molecule has 1 aromatic rings. The molecule has 1 saturated heterocycles. The largest absolute Gasteiger partial charge is 0.381 e. The number of aryl methyl sites for hydroxylation is 1. The monoisotopic (exact) mass is 244 g/mol. The molecular weight excluding hydrogens is 232 g/mol. The van der Waals surface area contributed by atoms with Crippen molar-refractivity contribution in [2.75, 3.05) is 13.2 Å². The fourth-order valence-corrected chi connectivity index (χ4v) is 1.89. The number of ether oxygens (including phenoxy) is 1. The van der Waals surface area contributed by atoms with Crippen LogP contribution in [0.1, 0.15) is 24.6 Å². The van der Waals surface area contributed by atoms with E-state index in [2.05, 4.69) is 31.9 Å². The Bertz CT molecular complexity index is 272. The quantitative estimate of drug-likeness (QED) is 0.759. The van der Waals surface area contributed by atoms with Gasteiger partial charge in [0, 0.05) is 19.4 Å². The molecule has 13 heavy (non-hydrogen) atoms. The van der Waals surface area contributed by atoms with Crippen LogP contribution in [0.2, 0.25) is 0 Å². The van der Waals surface area contributed by atoms with E-state index < -0.39 is 0 Å². The normalized spacial score (nSPS) is 19.2. The van der Waals surface area contributed by atoms with Crippen LogP contribution in [0.5, 0.6) is 0 Å². The minimum absolute atomic E-state index is 0.527. The molecular formula is C9H13BrN2O. The maximum Gasteiger partial charge on any atom is 0.0735 e. The van der Waals surface area contributed by atoms with Crippen molar-refractivity contribution in [2.45, 2.75) is 25.8 Å². The fraction of sp³-hybridized carbons (Fsp3) is 0.667. The average molecular weight is 245 g/mol. The van der Waals surface area contributed by atoms with Crippen LogP contribution in [0.15, 0.2) is 10.7 Å². The highest BCUT2D eigenvalue weighted by Gasteiger charge is 2.16. The summed E-state index contributed by atoms with van der Waals surface area (Å²) in [5.41, 5.74) is 1.06. The first-order valence-electron chi connectivity index (χ1n) is 4.56. The second-order valence-corrected chi connectivity index (χ2v) is 4.24. The molecule has 1 aliphatic heterocycles. The van der Waals surface area contributed by atoms with Crippen molar-refractivity contribution in [1.29, 1.82) is 0 Å². The van der Waals surface area contributed by atoms with E-state index in [4.69, 9.17) is 4.74 Å². The van der Waals surface area contributed by atoms with Crippen molar-refractivity contribution in [3.63, 3.8) is 0 Å². The van der Waals surface area contributed by atoms with Gasteiger partial charge in [0.25, 0.3) is 0 Å². The molecule has 2 rings (SSSR count). The van der Waals surface area contributed by atoms with Gasteiger partial charge in [0.05, 0.1) is 16.2 Å². The molecule has 0 aromatic carbocycles. The fourth-order valence-electron chi connectivity index (χ4n) is 1.60. The SMILES string of the molecule is Cc1nn(C2CCOCC2)cc1Br. The van der Waals surface area contributed by atoms with E-state index in [0.717, 1.165) is 36.2 Å². The summed E-state index contributed by atoms with van der Waals surface area (Å²) in [5.74, 6) is 0. The highest BCUT2D eigenvalue weighted by Crippen LogP contribution is 2.23. The Labute approximate surface area is 86.2 Å². The molecule has 1 aliphatic rings. The first-order chi connectivity index (χ1) is 6.27. The van der Waals surface area contributed by atoms with E-state index >= 15 is 0 Å². The summed E-state index contributed by atoms with van der Waals surface area (Å²) in [6, 6.07) is 0.527. The second kappa shape index (κ2) is 3.80. The molecule has 0 atom stereocenters. The Morgan fingerprint density at radius 3 is 2.77 bits per heavy atom. The third-order valence-corrected chi connectivity index (χ3v) is 3.20. The summed E-state index contributed by atoms with van der Waals surface area (Å²) in [6.45, 7) is 3.74. The molecule has 0 spiro atoms. The molecule has 72 valence electrons. The Balaban J connectivity index is 2.14. The van der Waals surface area contributed by atoms with Gasteiger partial charge < -0.3 is 4.74 Å². The molecule has 0 N–H and O–H groups in total. The first-order valence-corrected chi connectivity index (χ1v) is 5.35. The number of aromatic nitrogens is 2. The van der Waals surface area contributed by atoms with E-state index in [1.54, 1.807) is 0 Å². The predicted molar refractivity (Wildman–Crippen MR) is 53.8 cm³/mol. The summed E-state index contributed by atoms with van der Waals surface area (Å²) in [4.78, 5) is 0. The standard InChI is InChI=1S/C9H13BrN2O/c1-7-9(10)6-12(11-7)8-2-4-13-5-3-8/h6,8H,2-5H2,1H3. The van der Waals surface area contributed by atoms with Gasteiger partial charge in [-0.05, 0) is 35.7 Å². The van der Waals surface area contributed by atoms with Crippen molar-refractivity contribution >= 4 is 15.9 Å². The van der Waals surface area contributed by atoms with E-state index in [1.807, 2.05) is 6.92 Å². The van der Waals surface area contributed by atoms with Crippen molar-refractivity contribution in [2.24, 2.45) is 0 Å². The Morgan fingerprint density at radius 2 is 2.23 bits per heavy atom. The van der Waals surface area contributed by atoms with Gasteiger partial charge in [0.15, 0.2) is 0 Å². The van der Waals surface area contributed by atoms with Crippen LogP contribution in [0.3, 0.4) is 0 Å². The van der Waals surface area contributed by atoms with Gasteiger partial charge >= 0.3 is 0 Å². The Hall–Kier alpha value is -0.350. The lowest BCUT2D eigenvalue weighted by Crippen LogP contribution is -2.19. The predicted octanol–water partition coefficient (Wildman–Crippen LogP) is 2.31. The van der Waals surface area contributed by atoms with Crippen LogP contribution < -0.4 is 0 Å². The Morgan fingerprint density at radius 1 is 1.54 bits per heavy atom. The van der Waals surface area contributed by atoms with Crippen LogP contribution in [0, 0.1) is 6.92 Å². The minimum atomic E-state index is 0.527. The zero-order chi connectivity index (χ0) is 9.26. The summed E-state index contributed by atoms with van der Waals surface area (Å²) in [6.07, 6.45) is 4.21. The van der Waals surface area contributed by atoms with Crippen molar-refractivity contribution in [3.05, 3.63) is 16.4 Å². The van der Waals surface area contributed by atoms with Crippen LogP contribution in [-0.2, 0) is 4.74 Å². The third-order valence-electron chi connectivity index (χ3n) is 2.42. The van der Waals surface area contributed by atoms with Crippen molar-refractivity contribution in [3.8, 4) is 0 Å². The summed E-state index contributed by atoms with van der Waals surface area (Å²) >= 11 is 3.47. The summed E-state index contributed by atoms with van der Waals surface area (Å²) < 4.78 is 8.46. The number of nitrogens with zero attached hydrogens (tertiary/aromatic N) is 2. The zero-order valence-electron chi connectivity index (χ0n) is 7.66. The van der Waals surface area contributed by atoms with Gasteiger partial charge in [-0.15, -0.1) is 0 Å². The van der Waals surface area contributed by atoms with Gasteiger partial charge in [0.1, 0.15) is 0 Å². The number of rotatable bonds is 1. The lowest BCUT2D eigenvalue weighted by Gasteiger charge is -2.22. The Kier molecular flexibility index (Phi) is 2.69. The van der Waals surface area contributed by atoms with E-state index in [9.17, 15) is 0 Å². The molecule has 1 fully saturated rings. The van der Waals surface area contributed by atoms with Gasteiger partial charge in [0.2, 0.25) is 0 Å². The molecule has 4 heteroatoms. The smallest absolute Gasteiger partial charge is 0.0735 e. The van der Waals surface area contributed by atoms with E-state index in [1.165, 1.54) is 0 Å². The average Bonchev–Trinajstić information content (AvgIpc) is 2.49. The maximum atomic E-state index is 5.31. The van der Waals surface area contributed by atoms with Crippen LogP contribution >= 0.6 is 15.9 Å². The van der Waals surface area contributed by atoms with Crippen LogP contribution in [0.4, 0.5) is 0 Å². The molecule has 0 aliphatic carbocycles. The minimum Gasteiger partial charge on any atom is -0.381 e. The van der Waals surface area contributed by atoms with Crippen molar-refractivity contribution in [1.82, 2.24) is 9.78 Å². The summed E-state index contributed by atoms with van der Waals surface area (Å²) in [5, 5.41) is 4.45. The summed E-state index contributed by atoms with van der Waals surface area (Å²) in [7, 11) is 0. The number of halogens is 1. The maximum absolute atomic E-state index is 5.31. The third kappa shape index (κ3) is 1.94. The lowest BCUT2D eigenvalue weighted by molar-refractivity contribution is 0.0661. The topological polar surface area (TPSA) is 27.1 Å². The van der Waals surface area contributed by atoms with Crippen LogP contribution in [0.25, 0.3) is 0 Å². The van der Waals surface area contributed by atoms with E-state index in [0.29, 0.717) is 6.04 Å². The van der Waals surface area contributed by atoms with Crippen molar-refractivity contribution < 1.29 is 4.74 Å². The van der Waals surface area contributed by atoms with Crippen LogP contribution in [-0.4, -0.2) is 23.0 Å².